The molecule has 0 bridgehead atoms. The average Bonchev–Trinajstić information content (AvgIpc) is 3.17. The molecular weight excluding hydrogens is 421 g/mol. The van der Waals surface area contributed by atoms with E-state index in [-0.39, 0.29) is 10.7 Å². The molecule has 9 heteroatoms. The number of hydrogen-bond donors (Lipinski definition) is 1. The number of rotatable bonds is 11. The lowest BCUT2D eigenvalue weighted by Crippen LogP contribution is -2.12. The topological polar surface area (TPSA) is 96.4 Å². The van der Waals surface area contributed by atoms with Gasteiger partial charge in [0.15, 0.2) is 0 Å². The van der Waals surface area contributed by atoms with Gasteiger partial charge in [0.05, 0.1) is 35.2 Å². The highest BCUT2D eigenvalue weighted by Crippen LogP contribution is 2.25. The van der Waals surface area contributed by atoms with Crippen LogP contribution in [0.3, 0.4) is 0 Å². The SMILES string of the molecule is C[CH]OCCCCOCc1cc(-c2ccc(F)cc2)n(-c2ccc(S(N)(=O)=O)cc2)n1. The predicted octanol–water partition coefficient (Wildman–Crippen LogP) is 3.82. The fraction of sp³-hybridized carbons (Fsp3) is 0.273. The van der Waals surface area contributed by atoms with E-state index >= 15 is 0 Å². The molecule has 0 atom stereocenters. The third-order valence-electron chi connectivity index (χ3n) is 4.53. The summed E-state index contributed by atoms with van der Waals surface area (Å²) in [5, 5.41) is 9.79. The van der Waals surface area contributed by atoms with Crippen LogP contribution in [0.1, 0.15) is 25.5 Å². The summed E-state index contributed by atoms with van der Waals surface area (Å²) in [6, 6.07) is 14.0. The first-order valence-corrected chi connectivity index (χ1v) is 11.4. The van der Waals surface area contributed by atoms with Crippen LogP contribution in [0.4, 0.5) is 4.39 Å². The number of hydrogen-bond acceptors (Lipinski definition) is 5. The van der Waals surface area contributed by atoms with Gasteiger partial charge in [0.25, 0.3) is 0 Å². The van der Waals surface area contributed by atoms with Crippen molar-refractivity contribution in [1.82, 2.24) is 9.78 Å². The van der Waals surface area contributed by atoms with E-state index in [2.05, 4.69) is 5.10 Å². The quantitative estimate of drug-likeness (QED) is 0.452. The van der Waals surface area contributed by atoms with Gasteiger partial charge in [0.1, 0.15) is 5.82 Å². The van der Waals surface area contributed by atoms with E-state index in [0.717, 1.165) is 24.1 Å². The van der Waals surface area contributed by atoms with Gasteiger partial charge < -0.3 is 9.47 Å². The van der Waals surface area contributed by atoms with Gasteiger partial charge in [-0.25, -0.2) is 22.6 Å². The molecule has 0 fully saturated rings. The Balaban J connectivity index is 1.80. The first-order chi connectivity index (χ1) is 14.9. The molecule has 7 nitrogen and oxygen atoms in total. The number of primary sulfonamides is 1. The molecule has 0 unspecified atom stereocenters. The number of ether oxygens (including phenoxy) is 2. The lowest BCUT2D eigenvalue weighted by Gasteiger charge is -2.08. The van der Waals surface area contributed by atoms with Crippen LogP contribution >= 0.6 is 0 Å². The maximum absolute atomic E-state index is 13.4. The molecule has 0 aliphatic rings. The van der Waals surface area contributed by atoms with Gasteiger partial charge in [0.2, 0.25) is 10.0 Å². The van der Waals surface area contributed by atoms with Gasteiger partial charge in [0, 0.05) is 18.8 Å². The number of sulfonamides is 1. The lowest BCUT2D eigenvalue weighted by molar-refractivity contribution is 0.106. The van der Waals surface area contributed by atoms with Gasteiger partial charge in [-0.2, -0.15) is 5.10 Å². The Morgan fingerprint density at radius 1 is 1.06 bits per heavy atom. The van der Waals surface area contributed by atoms with E-state index in [4.69, 9.17) is 14.6 Å². The predicted molar refractivity (Wildman–Crippen MR) is 115 cm³/mol. The molecule has 0 aliphatic heterocycles. The normalized spacial score (nSPS) is 11.7. The molecule has 0 spiro atoms. The van der Waals surface area contributed by atoms with Crippen LogP contribution in [0.5, 0.6) is 0 Å². The summed E-state index contributed by atoms with van der Waals surface area (Å²) in [6.45, 7) is 5.07. The fourth-order valence-electron chi connectivity index (χ4n) is 2.98. The minimum atomic E-state index is -3.79. The van der Waals surface area contributed by atoms with Gasteiger partial charge in [-0.3, -0.25) is 0 Å². The van der Waals surface area contributed by atoms with E-state index < -0.39 is 10.0 Å². The zero-order valence-electron chi connectivity index (χ0n) is 17.2. The van der Waals surface area contributed by atoms with Crippen molar-refractivity contribution < 1.29 is 22.3 Å². The summed E-state index contributed by atoms with van der Waals surface area (Å²) in [5.74, 6) is -0.333. The van der Waals surface area contributed by atoms with Crippen LogP contribution in [-0.4, -0.2) is 31.4 Å². The van der Waals surface area contributed by atoms with Crippen LogP contribution in [0.2, 0.25) is 0 Å². The summed E-state index contributed by atoms with van der Waals surface area (Å²) in [4.78, 5) is 0.0138. The zero-order valence-corrected chi connectivity index (χ0v) is 18.0. The average molecular weight is 447 g/mol. The number of unbranched alkanes of at least 4 members (excludes halogenated alkanes) is 1. The van der Waals surface area contributed by atoms with Crippen LogP contribution < -0.4 is 5.14 Å². The smallest absolute Gasteiger partial charge is 0.238 e. The molecule has 3 rings (SSSR count). The number of benzene rings is 2. The highest BCUT2D eigenvalue weighted by Gasteiger charge is 2.14. The third-order valence-corrected chi connectivity index (χ3v) is 5.46. The summed E-state index contributed by atoms with van der Waals surface area (Å²) >= 11 is 0. The number of aromatic nitrogens is 2. The van der Waals surface area contributed by atoms with Gasteiger partial charge in [-0.1, -0.05) is 0 Å². The van der Waals surface area contributed by atoms with E-state index in [9.17, 15) is 12.8 Å². The second-order valence-electron chi connectivity index (χ2n) is 6.84. The molecule has 2 aromatic carbocycles. The fourth-order valence-corrected chi connectivity index (χ4v) is 3.50. The minimum Gasteiger partial charge on any atom is -0.376 e. The van der Waals surface area contributed by atoms with E-state index in [1.165, 1.54) is 24.3 Å². The van der Waals surface area contributed by atoms with Crippen LogP contribution in [-0.2, 0) is 26.1 Å². The van der Waals surface area contributed by atoms with Crippen molar-refractivity contribution in [3.05, 3.63) is 72.7 Å². The third kappa shape index (κ3) is 6.44. The maximum atomic E-state index is 13.4. The monoisotopic (exact) mass is 446 g/mol. The minimum absolute atomic E-state index is 0.0138. The summed E-state index contributed by atoms with van der Waals surface area (Å²) in [5.41, 5.74) is 2.84. The second-order valence-corrected chi connectivity index (χ2v) is 8.41. The molecule has 2 N–H and O–H groups in total. The van der Waals surface area contributed by atoms with E-state index in [0.29, 0.717) is 31.2 Å². The van der Waals surface area contributed by atoms with Crippen molar-refractivity contribution in [3.63, 3.8) is 0 Å². The first-order valence-electron chi connectivity index (χ1n) is 9.84. The molecule has 1 heterocycles. The Hall–Kier alpha value is -2.59. The summed E-state index contributed by atoms with van der Waals surface area (Å²) < 4.78 is 49.0. The molecule has 3 aromatic rings. The summed E-state index contributed by atoms with van der Waals surface area (Å²) in [7, 11) is -3.79. The van der Waals surface area contributed by atoms with Crippen LogP contribution in [0.25, 0.3) is 16.9 Å². The Kier molecular flexibility index (Phi) is 7.91. The Morgan fingerprint density at radius 3 is 2.39 bits per heavy atom. The molecule has 0 amide bonds. The molecule has 0 saturated carbocycles. The Bertz CT molecular complexity index is 1080. The number of nitrogens with zero attached hydrogens (tertiary/aromatic N) is 2. The van der Waals surface area contributed by atoms with Crippen molar-refractivity contribution in [1.29, 1.82) is 0 Å². The van der Waals surface area contributed by atoms with E-state index in [1.807, 2.05) is 13.0 Å². The number of halogens is 1. The van der Waals surface area contributed by atoms with Crippen molar-refractivity contribution in [2.75, 3.05) is 13.2 Å². The molecule has 0 saturated heterocycles. The van der Waals surface area contributed by atoms with Crippen molar-refractivity contribution in [3.8, 4) is 16.9 Å². The summed E-state index contributed by atoms with van der Waals surface area (Å²) in [6.07, 6.45) is 1.77. The highest BCUT2D eigenvalue weighted by atomic mass is 32.2. The van der Waals surface area contributed by atoms with Crippen molar-refractivity contribution >= 4 is 10.0 Å². The molecule has 31 heavy (non-hydrogen) atoms. The van der Waals surface area contributed by atoms with E-state index in [1.54, 1.807) is 35.6 Å². The number of nitrogens with two attached hydrogens (primary N) is 1. The second kappa shape index (κ2) is 10.6. The van der Waals surface area contributed by atoms with Gasteiger partial charge in [-0.15, -0.1) is 0 Å². The first kappa shape index (κ1) is 23.1. The standard InChI is InChI=1S/C22H25FN3O4S/c1-2-29-13-3-4-14-30-16-19-15-22(17-5-7-18(23)8-6-17)26(25-19)20-9-11-21(12-10-20)31(24,27)28/h2,5-12,15H,3-4,13-14,16H2,1H3,(H2,24,27,28). The molecule has 1 radical (unpaired) electrons. The Labute approximate surface area is 181 Å². The molecule has 165 valence electrons. The zero-order chi connectivity index (χ0) is 22.3. The highest BCUT2D eigenvalue weighted by molar-refractivity contribution is 7.89. The van der Waals surface area contributed by atoms with Crippen molar-refractivity contribution in [2.24, 2.45) is 5.14 Å². The molecule has 1 aromatic heterocycles. The molecule has 0 aliphatic carbocycles. The lowest BCUT2D eigenvalue weighted by atomic mass is 10.1. The molecular formula is C22H25FN3O4S. The van der Waals surface area contributed by atoms with Crippen LogP contribution in [0.15, 0.2) is 59.5 Å². The van der Waals surface area contributed by atoms with Gasteiger partial charge >= 0.3 is 0 Å². The van der Waals surface area contributed by atoms with Gasteiger partial charge in [-0.05, 0) is 74.4 Å². The Morgan fingerprint density at radius 2 is 1.74 bits per heavy atom. The van der Waals surface area contributed by atoms with Crippen LogP contribution in [0, 0.1) is 12.4 Å². The maximum Gasteiger partial charge on any atom is 0.238 e. The largest absolute Gasteiger partial charge is 0.376 e. The van der Waals surface area contributed by atoms with Crippen molar-refractivity contribution in [2.45, 2.75) is 31.3 Å².